The third kappa shape index (κ3) is 2.92. The number of ether oxygens (including phenoxy) is 1. The molecule has 1 aromatic rings. The SMILES string of the molecule is O=C([C@@H]1CCO[C@H]1c1ccc(Cl)cc1)N1CC(F)(F)C(F)(F)C1. The second-order valence-corrected chi connectivity index (χ2v) is 6.28. The summed E-state index contributed by atoms with van der Waals surface area (Å²) in [7, 11) is 0. The Morgan fingerprint density at radius 3 is 2.26 bits per heavy atom. The molecule has 3 nitrogen and oxygen atoms in total. The molecule has 0 unspecified atom stereocenters. The van der Waals surface area contributed by atoms with Gasteiger partial charge in [-0.25, -0.2) is 0 Å². The lowest BCUT2D eigenvalue weighted by atomic mass is 9.94. The predicted molar refractivity (Wildman–Crippen MR) is 74.7 cm³/mol. The standard InChI is InChI=1S/C15H14ClF4NO2/c16-10-3-1-9(2-4-10)12-11(5-6-23-12)13(22)21-7-14(17,18)15(19,20)8-21/h1-4,11-12H,5-8H2/t11-,12+/m1/s1. The van der Waals surface area contributed by atoms with Crippen LogP contribution in [0, 0.1) is 5.92 Å². The minimum atomic E-state index is -4.20. The lowest BCUT2D eigenvalue weighted by Gasteiger charge is -2.23. The van der Waals surface area contributed by atoms with Crippen LogP contribution in [0.2, 0.25) is 5.02 Å². The maximum absolute atomic E-state index is 13.3. The van der Waals surface area contributed by atoms with Crippen LogP contribution in [0.15, 0.2) is 24.3 Å². The van der Waals surface area contributed by atoms with E-state index in [1.165, 1.54) is 0 Å². The summed E-state index contributed by atoms with van der Waals surface area (Å²) in [6.07, 6.45) is -0.331. The highest BCUT2D eigenvalue weighted by atomic mass is 35.5. The minimum Gasteiger partial charge on any atom is -0.373 e. The molecule has 2 heterocycles. The Hall–Kier alpha value is -1.34. The molecule has 0 radical (unpaired) electrons. The van der Waals surface area contributed by atoms with Gasteiger partial charge in [0, 0.05) is 11.6 Å². The molecule has 0 aromatic heterocycles. The zero-order chi connectivity index (χ0) is 16.8. The average Bonchev–Trinajstić information content (AvgIpc) is 3.02. The predicted octanol–water partition coefficient (Wildman–Crippen LogP) is 3.53. The third-order valence-electron chi connectivity index (χ3n) is 4.23. The van der Waals surface area contributed by atoms with Gasteiger partial charge < -0.3 is 9.64 Å². The summed E-state index contributed by atoms with van der Waals surface area (Å²) in [5, 5.41) is 0.508. The Kier molecular flexibility index (Phi) is 4.04. The number of likely N-dealkylation sites (tertiary alicyclic amines) is 1. The van der Waals surface area contributed by atoms with Crippen LogP contribution in [0.1, 0.15) is 18.1 Å². The van der Waals surface area contributed by atoms with Crippen LogP contribution < -0.4 is 0 Å². The van der Waals surface area contributed by atoms with Crippen molar-refractivity contribution < 1.29 is 27.1 Å². The molecule has 23 heavy (non-hydrogen) atoms. The van der Waals surface area contributed by atoms with E-state index in [1.807, 2.05) is 0 Å². The van der Waals surface area contributed by atoms with Crippen molar-refractivity contribution in [1.29, 1.82) is 0 Å². The van der Waals surface area contributed by atoms with E-state index < -0.39 is 42.9 Å². The van der Waals surface area contributed by atoms with E-state index in [0.29, 0.717) is 21.9 Å². The molecule has 126 valence electrons. The van der Waals surface area contributed by atoms with E-state index in [4.69, 9.17) is 16.3 Å². The maximum atomic E-state index is 13.3. The van der Waals surface area contributed by atoms with Crippen LogP contribution >= 0.6 is 11.6 Å². The number of benzene rings is 1. The van der Waals surface area contributed by atoms with E-state index in [2.05, 4.69) is 0 Å². The number of amides is 1. The molecule has 8 heteroatoms. The summed E-state index contributed by atoms with van der Waals surface area (Å²) in [5.74, 6) is -9.87. The van der Waals surface area contributed by atoms with Crippen molar-refractivity contribution in [3.63, 3.8) is 0 Å². The van der Waals surface area contributed by atoms with Crippen molar-refractivity contribution >= 4 is 17.5 Å². The fraction of sp³-hybridized carbons (Fsp3) is 0.533. The van der Waals surface area contributed by atoms with E-state index >= 15 is 0 Å². The first-order chi connectivity index (χ1) is 10.7. The van der Waals surface area contributed by atoms with Crippen LogP contribution in [0.3, 0.4) is 0 Å². The zero-order valence-electron chi connectivity index (χ0n) is 11.9. The summed E-state index contributed by atoms with van der Waals surface area (Å²) in [6.45, 7) is -2.25. The summed E-state index contributed by atoms with van der Waals surface area (Å²) in [6, 6.07) is 6.59. The van der Waals surface area contributed by atoms with Crippen molar-refractivity contribution in [1.82, 2.24) is 4.90 Å². The van der Waals surface area contributed by atoms with Crippen LogP contribution in [0.25, 0.3) is 0 Å². The lowest BCUT2D eigenvalue weighted by Crippen LogP contribution is -2.38. The number of alkyl halides is 4. The number of hydrogen-bond acceptors (Lipinski definition) is 2. The van der Waals surface area contributed by atoms with Crippen LogP contribution in [-0.4, -0.2) is 42.3 Å². The fourth-order valence-corrected chi connectivity index (χ4v) is 3.11. The molecular weight excluding hydrogens is 338 g/mol. The Morgan fingerprint density at radius 1 is 1.13 bits per heavy atom. The van der Waals surface area contributed by atoms with Crippen LogP contribution in [0.5, 0.6) is 0 Å². The quantitative estimate of drug-likeness (QED) is 0.763. The maximum Gasteiger partial charge on any atom is 0.329 e. The number of nitrogens with zero attached hydrogens (tertiary/aromatic N) is 1. The van der Waals surface area contributed by atoms with Gasteiger partial charge in [0.2, 0.25) is 5.91 Å². The first-order valence-corrected chi connectivity index (χ1v) is 7.50. The molecule has 2 saturated heterocycles. The van der Waals surface area contributed by atoms with Crippen molar-refractivity contribution in [2.45, 2.75) is 24.4 Å². The molecule has 0 saturated carbocycles. The van der Waals surface area contributed by atoms with Gasteiger partial charge in [-0.1, -0.05) is 23.7 Å². The van der Waals surface area contributed by atoms with Crippen molar-refractivity contribution in [3.8, 4) is 0 Å². The lowest BCUT2D eigenvalue weighted by molar-refractivity contribution is -0.172. The van der Waals surface area contributed by atoms with E-state index in [-0.39, 0.29) is 6.61 Å². The molecule has 2 aliphatic rings. The summed E-state index contributed by atoms with van der Waals surface area (Å²) in [5.41, 5.74) is 0.669. The Labute approximate surface area is 135 Å². The van der Waals surface area contributed by atoms with Gasteiger partial charge in [-0.05, 0) is 24.1 Å². The molecule has 1 amide bonds. The molecule has 2 aliphatic heterocycles. The largest absolute Gasteiger partial charge is 0.373 e. The molecular formula is C15H14ClF4NO2. The van der Waals surface area contributed by atoms with E-state index in [9.17, 15) is 22.4 Å². The highest BCUT2D eigenvalue weighted by Crippen LogP contribution is 2.43. The van der Waals surface area contributed by atoms with Crippen molar-refractivity contribution in [2.24, 2.45) is 5.92 Å². The van der Waals surface area contributed by atoms with Crippen molar-refractivity contribution in [3.05, 3.63) is 34.9 Å². The van der Waals surface area contributed by atoms with Crippen LogP contribution in [0.4, 0.5) is 17.6 Å². The molecule has 0 spiro atoms. The molecule has 1 aromatic carbocycles. The van der Waals surface area contributed by atoms with Gasteiger partial charge in [-0.2, -0.15) is 17.6 Å². The average molecular weight is 352 g/mol. The molecule has 3 rings (SSSR count). The van der Waals surface area contributed by atoms with Gasteiger partial charge in [-0.3, -0.25) is 4.79 Å². The number of halogens is 5. The second-order valence-electron chi connectivity index (χ2n) is 5.84. The second kappa shape index (κ2) is 5.63. The van der Waals surface area contributed by atoms with Gasteiger partial charge in [0.05, 0.1) is 25.1 Å². The topological polar surface area (TPSA) is 29.5 Å². The molecule has 2 fully saturated rings. The Bertz CT molecular complexity index is 592. The summed E-state index contributed by atoms with van der Waals surface area (Å²) in [4.78, 5) is 13.0. The smallest absolute Gasteiger partial charge is 0.329 e. The first kappa shape index (κ1) is 16.5. The van der Waals surface area contributed by atoms with Gasteiger partial charge in [0.1, 0.15) is 0 Å². The minimum absolute atomic E-state index is 0.268. The molecule has 0 N–H and O–H groups in total. The van der Waals surface area contributed by atoms with Gasteiger partial charge in [0.25, 0.3) is 0 Å². The van der Waals surface area contributed by atoms with E-state index in [1.54, 1.807) is 24.3 Å². The first-order valence-electron chi connectivity index (χ1n) is 7.13. The Balaban J connectivity index is 1.78. The number of carbonyl (C=O) groups excluding carboxylic acids is 1. The number of hydrogen-bond donors (Lipinski definition) is 0. The summed E-state index contributed by atoms with van der Waals surface area (Å²) < 4.78 is 58.7. The zero-order valence-corrected chi connectivity index (χ0v) is 12.7. The molecule has 2 atom stereocenters. The van der Waals surface area contributed by atoms with Gasteiger partial charge in [-0.15, -0.1) is 0 Å². The fourth-order valence-electron chi connectivity index (χ4n) is 2.98. The normalized spacial score (nSPS) is 29.0. The van der Waals surface area contributed by atoms with Crippen LogP contribution in [-0.2, 0) is 9.53 Å². The molecule has 0 bridgehead atoms. The monoisotopic (exact) mass is 351 g/mol. The Morgan fingerprint density at radius 2 is 1.70 bits per heavy atom. The third-order valence-corrected chi connectivity index (χ3v) is 4.49. The highest BCUT2D eigenvalue weighted by Gasteiger charge is 2.64. The van der Waals surface area contributed by atoms with Crippen molar-refractivity contribution in [2.75, 3.05) is 19.7 Å². The van der Waals surface area contributed by atoms with Gasteiger partial charge >= 0.3 is 11.8 Å². The molecule has 0 aliphatic carbocycles. The van der Waals surface area contributed by atoms with E-state index in [0.717, 1.165) is 0 Å². The highest BCUT2D eigenvalue weighted by molar-refractivity contribution is 6.30. The number of carbonyl (C=O) groups is 1. The van der Waals surface area contributed by atoms with Gasteiger partial charge in [0.15, 0.2) is 0 Å². The summed E-state index contributed by atoms with van der Waals surface area (Å²) >= 11 is 5.80. The number of rotatable bonds is 2.